The highest BCUT2D eigenvalue weighted by molar-refractivity contribution is 6.33. The molecule has 10 heteroatoms. The summed E-state index contributed by atoms with van der Waals surface area (Å²) in [5.41, 5.74) is 3.44. The summed E-state index contributed by atoms with van der Waals surface area (Å²) in [5.74, 6) is -0.629. The second kappa shape index (κ2) is 10.8. The minimum Gasteiger partial charge on any atom is -0.391 e. The van der Waals surface area contributed by atoms with Gasteiger partial charge in [-0.1, -0.05) is 54.9 Å². The zero-order valence-corrected chi connectivity index (χ0v) is 21.6. The number of β-amino-alcohol motifs (C(OH)–C–C–N with tert-alkyl or cyclic N) is 1. The highest BCUT2D eigenvalue weighted by Crippen LogP contribution is 2.29. The van der Waals surface area contributed by atoms with Crippen LogP contribution < -0.4 is 5.32 Å². The van der Waals surface area contributed by atoms with E-state index in [-0.39, 0.29) is 36.7 Å². The molecular formula is C26H31ClN6O3. The average molecular weight is 511 g/mol. The number of aryl methyl sites for hydroxylation is 1. The molecule has 0 radical (unpaired) electrons. The quantitative estimate of drug-likeness (QED) is 0.504. The largest absolute Gasteiger partial charge is 0.391 e. The number of nitrogens with zero attached hydrogens (tertiary/aromatic N) is 5. The summed E-state index contributed by atoms with van der Waals surface area (Å²) in [4.78, 5) is 32.3. The van der Waals surface area contributed by atoms with E-state index in [1.165, 1.54) is 4.90 Å². The smallest absolute Gasteiger partial charge is 0.248 e. The van der Waals surface area contributed by atoms with Gasteiger partial charge in [-0.15, -0.1) is 5.10 Å². The van der Waals surface area contributed by atoms with Crippen LogP contribution in [0.2, 0.25) is 5.02 Å². The van der Waals surface area contributed by atoms with E-state index in [1.54, 1.807) is 30.2 Å². The number of hydrogen-bond donors (Lipinski definition) is 2. The Morgan fingerprint density at radius 3 is 2.50 bits per heavy atom. The number of aliphatic hydroxyl groups excluding tert-OH is 1. The predicted molar refractivity (Wildman–Crippen MR) is 136 cm³/mol. The maximum absolute atomic E-state index is 13.5. The number of aromatic nitrogens is 4. The summed E-state index contributed by atoms with van der Waals surface area (Å²) in [6.07, 6.45) is 4.43. The molecule has 1 aliphatic rings. The molecule has 3 heterocycles. The summed E-state index contributed by atoms with van der Waals surface area (Å²) in [6, 6.07) is 7.94. The second-order valence-corrected chi connectivity index (χ2v) is 10.0. The van der Waals surface area contributed by atoms with Crippen LogP contribution in [0, 0.1) is 12.8 Å². The van der Waals surface area contributed by atoms with Crippen LogP contribution in [0.25, 0.3) is 11.1 Å². The fraction of sp³-hybridized carbons (Fsp3) is 0.423. The van der Waals surface area contributed by atoms with E-state index < -0.39 is 18.2 Å². The van der Waals surface area contributed by atoms with Crippen molar-refractivity contribution in [1.82, 2.24) is 30.2 Å². The van der Waals surface area contributed by atoms with Gasteiger partial charge >= 0.3 is 0 Å². The molecule has 4 atom stereocenters. The number of amides is 2. The number of aliphatic hydroxyl groups is 1. The zero-order chi connectivity index (χ0) is 26.0. The molecule has 190 valence electrons. The summed E-state index contributed by atoms with van der Waals surface area (Å²) >= 11 is 6.25. The standard InChI is InChI=1S/C26H31ClN6O3/c1-15(2)24(33-13-16(3)30-31-33)26(36)32-14-20(34)11-23(32)25(35)29-17(4)18-5-7-19(8-6-18)21-9-10-28-12-22(21)27/h5-10,12-13,15,17,20,23-24,34H,11,14H2,1-4H3,(H,29,35)/t17-,20+,23-,24-/m0/s1. The van der Waals surface area contributed by atoms with Gasteiger partial charge < -0.3 is 15.3 Å². The van der Waals surface area contributed by atoms with E-state index in [2.05, 4.69) is 20.6 Å². The monoisotopic (exact) mass is 510 g/mol. The van der Waals surface area contributed by atoms with Crippen LogP contribution in [-0.2, 0) is 9.59 Å². The third-order valence-corrected chi connectivity index (χ3v) is 6.81. The van der Waals surface area contributed by atoms with Crippen LogP contribution >= 0.6 is 11.6 Å². The highest BCUT2D eigenvalue weighted by atomic mass is 35.5. The normalized spacial score (nSPS) is 19.4. The van der Waals surface area contributed by atoms with Gasteiger partial charge in [0.2, 0.25) is 11.8 Å². The molecule has 3 aromatic rings. The first-order valence-electron chi connectivity index (χ1n) is 12.0. The number of carbonyl (C=O) groups excluding carboxylic acids is 2. The summed E-state index contributed by atoms with van der Waals surface area (Å²) < 4.78 is 1.54. The lowest BCUT2D eigenvalue weighted by atomic mass is 10.0. The first kappa shape index (κ1) is 25.8. The predicted octanol–water partition coefficient (Wildman–Crippen LogP) is 3.34. The maximum Gasteiger partial charge on any atom is 0.248 e. The Labute approximate surface area is 215 Å². The van der Waals surface area contributed by atoms with E-state index in [0.717, 1.165) is 16.7 Å². The number of pyridine rings is 1. The van der Waals surface area contributed by atoms with Crippen LogP contribution in [0.4, 0.5) is 0 Å². The topological polar surface area (TPSA) is 113 Å². The van der Waals surface area contributed by atoms with Gasteiger partial charge in [0, 0.05) is 37.1 Å². The average Bonchev–Trinajstić information content (AvgIpc) is 3.44. The van der Waals surface area contributed by atoms with Gasteiger partial charge in [-0.3, -0.25) is 14.6 Å². The first-order chi connectivity index (χ1) is 17.2. The Morgan fingerprint density at radius 1 is 1.17 bits per heavy atom. The lowest BCUT2D eigenvalue weighted by Gasteiger charge is -2.30. The third kappa shape index (κ3) is 5.42. The molecule has 4 rings (SSSR count). The van der Waals surface area contributed by atoms with Crippen LogP contribution in [0.3, 0.4) is 0 Å². The Balaban J connectivity index is 1.48. The Hall–Kier alpha value is -3.30. The number of likely N-dealkylation sites (tertiary alicyclic amines) is 1. The van der Waals surface area contributed by atoms with Gasteiger partial charge in [-0.05, 0) is 37.0 Å². The number of carbonyl (C=O) groups is 2. The lowest BCUT2D eigenvalue weighted by Crippen LogP contribution is -2.49. The molecule has 1 fully saturated rings. The van der Waals surface area contributed by atoms with Crippen LogP contribution in [0.5, 0.6) is 0 Å². The number of benzene rings is 1. The van der Waals surface area contributed by atoms with E-state index in [4.69, 9.17) is 11.6 Å². The summed E-state index contributed by atoms with van der Waals surface area (Å²) in [6.45, 7) is 7.64. The maximum atomic E-state index is 13.5. The van der Waals surface area contributed by atoms with Gasteiger partial charge in [-0.2, -0.15) is 0 Å². The molecular weight excluding hydrogens is 480 g/mol. The van der Waals surface area contributed by atoms with Crippen LogP contribution in [-0.4, -0.2) is 60.5 Å². The van der Waals surface area contributed by atoms with Gasteiger partial charge in [0.05, 0.1) is 22.9 Å². The Kier molecular flexibility index (Phi) is 7.70. The molecule has 0 spiro atoms. The number of hydrogen-bond acceptors (Lipinski definition) is 6. The van der Waals surface area contributed by atoms with Crippen molar-refractivity contribution in [2.75, 3.05) is 6.54 Å². The molecule has 1 aromatic carbocycles. The van der Waals surface area contributed by atoms with Gasteiger partial charge in [0.15, 0.2) is 0 Å². The van der Waals surface area contributed by atoms with Crippen LogP contribution in [0.1, 0.15) is 50.5 Å². The molecule has 1 saturated heterocycles. The van der Waals surface area contributed by atoms with Crippen molar-refractivity contribution < 1.29 is 14.7 Å². The van der Waals surface area contributed by atoms with E-state index in [9.17, 15) is 14.7 Å². The molecule has 9 nitrogen and oxygen atoms in total. The number of halogens is 1. The minimum absolute atomic E-state index is 0.0774. The zero-order valence-electron chi connectivity index (χ0n) is 20.8. The molecule has 0 unspecified atom stereocenters. The molecule has 36 heavy (non-hydrogen) atoms. The van der Waals surface area contributed by atoms with Crippen molar-refractivity contribution >= 4 is 23.4 Å². The van der Waals surface area contributed by atoms with E-state index in [0.29, 0.717) is 10.7 Å². The fourth-order valence-corrected chi connectivity index (χ4v) is 4.86. The summed E-state index contributed by atoms with van der Waals surface area (Å²) in [5, 5.41) is 22.0. The van der Waals surface area contributed by atoms with Gasteiger partial charge in [-0.25, -0.2) is 4.68 Å². The molecule has 1 aliphatic heterocycles. The Morgan fingerprint density at radius 2 is 1.89 bits per heavy atom. The van der Waals surface area contributed by atoms with Gasteiger partial charge in [0.1, 0.15) is 12.1 Å². The van der Waals surface area contributed by atoms with Crippen molar-refractivity contribution in [1.29, 1.82) is 0 Å². The minimum atomic E-state index is -0.769. The molecule has 2 N–H and O–H groups in total. The van der Waals surface area contributed by atoms with Crippen molar-refractivity contribution in [3.63, 3.8) is 0 Å². The molecule has 0 saturated carbocycles. The van der Waals surface area contributed by atoms with Gasteiger partial charge in [0.25, 0.3) is 0 Å². The Bertz CT molecular complexity index is 1230. The third-order valence-electron chi connectivity index (χ3n) is 6.51. The van der Waals surface area contributed by atoms with Crippen molar-refractivity contribution in [3.05, 3.63) is 65.2 Å². The van der Waals surface area contributed by atoms with E-state index >= 15 is 0 Å². The van der Waals surface area contributed by atoms with Crippen LogP contribution in [0.15, 0.2) is 48.9 Å². The van der Waals surface area contributed by atoms with Crippen molar-refractivity contribution in [2.24, 2.45) is 5.92 Å². The molecule has 0 aliphatic carbocycles. The summed E-state index contributed by atoms with van der Waals surface area (Å²) in [7, 11) is 0. The first-order valence-corrected chi connectivity index (χ1v) is 12.4. The van der Waals surface area contributed by atoms with E-state index in [1.807, 2.05) is 51.1 Å². The highest BCUT2D eigenvalue weighted by Gasteiger charge is 2.42. The molecule has 2 amide bonds. The van der Waals surface area contributed by atoms with Crippen molar-refractivity contribution in [3.8, 4) is 11.1 Å². The lowest BCUT2D eigenvalue weighted by molar-refractivity contribution is -0.142. The van der Waals surface area contributed by atoms with Crippen molar-refractivity contribution in [2.45, 2.75) is 58.3 Å². The molecule has 0 bridgehead atoms. The number of rotatable bonds is 7. The SMILES string of the molecule is Cc1cn([C@H](C(=O)N2C[C@H](O)C[C@H]2C(=O)N[C@@H](C)c2ccc(-c3ccncc3Cl)cc2)C(C)C)nn1. The second-order valence-electron chi connectivity index (χ2n) is 9.63. The molecule has 2 aromatic heterocycles. The number of nitrogens with one attached hydrogen (secondary N) is 1. The fourth-order valence-electron chi connectivity index (χ4n) is 4.63.